The minimum Gasteiger partial charge on any atom is -0.330 e. The van der Waals surface area contributed by atoms with E-state index in [0.717, 1.165) is 23.6 Å². The molecule has 0 fully saturated rings. The summed E-state index contributed by atoms with van der Waals surface area (Å²) in [4.78, 5) is 2.23. The van der Waals surface area contributed by atoms with E-state index in [0.29, 0.717) is 5.92 Å². The molecule has 0 saturated carbocycles. The maximum Gasteiger partial charge on any atom is 0.0462 e. The summed E-state index contributed by atoms with van der Waals surface area (Å²) in [5, 5.41) is 1.17. The molecule has 2 rings (SSSR count). The first kappa shape index (κ1) is 23.9. The number of nitrogens with zero attached hydrogens (tertiary/aromatic N) is 1. The summed E-state index contributed by atoms with van der Waals surface area (Å²) >= 11 is 0. The van der Waals surface area contributed by atoms with Gasteiger partial charge in [0.15, 0.2) is 0 Å². The summed E-state index contributed by atoms with van der Waals surface area (Å²) in [6.45, 7) is 13.1. The standard InChI is InChI=1S/C20H22NP.C5H13N/c1-4-6-17(7-5-2)21(18-10-8-16(3)9-11-18)19-12-14-20(22)15-13-19;1-3-5(2)4-6/h4-15H,1,22H2,2-3H3;5H,3-4,6H2,1-2H3/b7-5-,17-6+;. The number of aryl methyl sites for hydroxylation is 1. The number of hydrogen-bond acceptors (Lipinski definition) is 2. The van der Waals surface area contributed by atoms with E-state index in [1.807, 2.05) is 25.2 Å². The van der Waals surface area contributed by atoms with Gasteiger partial charge in [-0.1, -0.05) is 68.8 Å². The molecule has 2 nitrogen and oxygen atoms in total. The van der Waals surface area contributed by atoms with Crippen molar-refractivity contribution in [2.45, 2.75) is 34.1 Å². The first-order valence-electron chi connectivity index (χ1n) is 9.84. The SMILES string of the molecule is C=C/C=C(\C=C/C)N(c1ccc(C)cc1)c1ccc(P)cc1.CCC(C)CN. The number of hydrogen-bond donors (Lipinski definition) is 1. The average molecular weight is 395 g/mol. The molecule has 0 aliphatic heterocycles. The number of benzene rings is 2. The van der Waals surface area contributed by atoms with E-state index < -0.39 is 0 Å². The predicted octanol–water partition coefficient (Wildman–Crippen LogP) is 6.27. The van der Waals surface area contributed by atoms with Gasteiger partial charge >= 0.3 is 0 Å². The van der Waals surface area contributed by atoms with E-state index in [1.54, 1.807) is 0 Å². The fourth-order valence-electron chi connectivity index (χ4n) is 2.43. The summed E-state index contributed by atoms with van der Waals surface area (Å²) in [6.07, 6.45) is 9.18. The van der Waals surface area contributed by atoms with Gasteiger partial charge in [-0.25, -0.2) is 0 Å². The Bertz CT molecular complexity index is 709. The molecule has 0 heterocycles. The molecule has 3 heteroatoms. The lowest BCUT2D eigenvalue weighted by Gasteiger charge is -2.26. The van der Waals surface area contributed by atoms with Gasteiger partial charge < -0.3 is 10.6 Å². The zero-order valence-electron chi connectivity index (χ0n) is 17.7. The lowest BCUT2D eigenvalue weighted by Crippen LogP contribution is -2.15. The molecule has 0 spiro atoms. The predicted molar refractivity (Wildman–Crippen MR) is 131 cm³/mol. The second-order valence-corrected chi connectivity index (χ2v) is 7.51. The smallest absolute Gasteiger partial charge is 0.0462 e. The molecule has 2 aromatic carbocycles. The molecule has 2 unspecified atom stereocenters. The van der Waals surface area contributed by atoms with E-state index >= 15 is 0 Å². The zero-order chi connectivity index (χ0) is 20.9. The Morgan fingerprint density at radius 3 is 2.04 bits per heavy atom. The van der Waals surface area contributed by atoms with Crippen LogP contribution >= 0.6 is 9.24 Å². The second kappa shape index (κ2) is 13.1. The highest BCUT2D eigenvalue weighted by molar-refractivity contribution is 7.27. The van der Waals surface area contributed by atoms with E-state index in [9.17, 15) is 0 Å². The average Bonchev–Trinajstić information content (AvgIpc) is 2.71. The summed E-state index contributed by atoms with van der Waals surface area (Å²) in [5.41, 5.74) is 9.88. The molecule has 0 aliphatic carbocycles. The third-order valence-electron chi connectivity index (χ3n) is 4.43. The van der Waals surface area contributed by atoms with Crippen molar-refractivity contribution < 1.29 is 0 Å². The van der Waals surface area contributed by atoms with E-state index in [-0.39, 0.29) is 0 Å². The van der Waals surface area contributed by atoms with Crippen LogP contribution in [0.4, 0.5) is 11.4 Å². The first-order valence-corrected chi connectivity index (χ1v) is 10.4. The van der Waals surface area contributed by atoms with Gasteiger partial charge in [-0.15, -0.1) is 9.24 Å². The Balaban J connectivity index is 0.000000568. The van der Waals surface area contributed by atoms with E-state index in [4.69, 9.17) is 5.73 Å². The zero-order valence-corrected chi connectivity index (χ0v) is 18.9. The van der Waals surface area contributed by atoms with Gasteiger partial charge in [-0.05, 0) is 68.0 Å². The van der Waals surface area contributed by atoms with E-state index in [1.165, 1.54) is 17.3 Å². The highest BCUT2D eigenvalue weighted by Gasteiger charge is 2.12. The summed E-state index contributed by atoms with van der Waals surface area (Å²) in [7, 11) is 2.72. The van der Waals surface area contributed by atoms with Crippen LogP contribution < -0.4 is 15.9 Å². The Morgan fingerprint density at radius 1 is 1.11 bits per heavy atom. The summed E-state index contributed by atoms with van der Waals surface area (Å²) < 4.78 is 0. The maximum absolute atomic E-state index is 5.28. The number of anilines is 2. The molecule has 0 aliphatic rings. The molecule has 0 bridgehead atoms. The Morgan fingerprint density at radius 2 is 1.64 bits per heavy atom. The Hall–Kier alpha value is -2.15. The molecule has 2 aromatic rings. The van der Waals surface area contributed by atoms with Gasteiger partial charge in [-0.2, -0.15) is 0 Å². The fraction of sp³-hybridized carbons (Fsp3) is 0.280. The second-order valence-electron chi connectivity index (χ2n) is 6.84. The van der Waals surface area contributed by atoms with Gasteiger partial charge in [0.1, 0.15) is 0 Å². The van der Waals surface area contributed by atoms with Crippen LogP contribution in [0.25, 0.3) is 0 Å². The highest BCUT2D eigenvalue weighted by atomic mass is 31.0. The van der Waals surface area contributed by atoms with Crippen molar-refractivity contribution in [1.82, 2.24) is 0 Å². The number of allylic oxidation sites excluding steroid dienone is 4. The fourth-order valence-corrected chi connectivity index (χ4v) is 2.62. The quantitative estimate of drug-likeness (QED) is 0.443. The number of rotatable bonds is 7. The monoisotopic (exact) mass is 394 g/mol. The van der Waals surface area contributed by atoms with Gasteiger partial charge in [0.05, 0.1) is 0 Å². The molecule has 2 atom stereocenters. The lowest BCUT2D eigenvalue weighted by molar-refractivity contribution is 0.576. The molecule has 2 N–H and O–H groups in total. The molecule has 28 heavy (non-hydrogen) atoms. The molecule has 150 valence electrons. The largest absolute Gasteiger partial charge is 0.330 e. The Kier molecular flexibility index (Phi) is 11.2. The van der Waals surface area contributed by atoms with Crippen LogP contribution in [0.2, 0.25) is 0 Å². The summed E-state index contributed by atoms with van der Waals surface area (Å²) in [5.74, 6) is 0.713. The van der Waals surface area contributed by atoms with Crippen LogP contribution in [0.1, 0.15) is 32.8 Å². The van der Waals surface area contributed by atoms with Gasteiger partial charge in [0.25, 0.3) is 0 Å². The van der Waals surface area contributed by atoms with Crippen LogP contribution in [0.15, 0.2) is 85.1 Å². The highest BCUT2D eigenvalue weighted by Crippen LogP contribution is 2.30. The minimum atomic E-state index is 0.713. The van der Waals surface area contributed by atoms with Crippen molar-refractivity contribution in [2.75, 3.05) is 11.4 Å². The third kappa shape index (κ3) is 7.84. The van der Waals surface area contributed by atoms with Crippen LogP contribution in [0.3, 0.4) is 0 Å². The number of nitrogens with two attached hydrogens (primary N) is 1. The Labute approximate surface area is 174 Å². The third-order valence-corrected chi connectivity index (χ3v) is 4.81. The summed E-state index contributed by atoms with van der Waals surface area (Å²) in [6, 6.07) is 17.0. The maximum atomic E-state index is 5.28. The van der Waals surface area contributed by atoms with E-state index in [2.05, 4.69) is 96.1 Å². The van der Waals surface area contributed by atoms with Gasteiger partial charge in [-0.3, -0.25) is 0 Å². The molecular formula is C25H35N2P. The van der Waals surface area contributed by atoms with Crippen molar-refractivity contribution in [3.8, 4) is 0 Å². The van der Waals surface area contributed by atoms with Crippen molar-refractivity contribution >= 4 is 25.9 Å². The van der Waals surface area contributed by atoms with Crippen molar-refractivity contribution in [3.63, 3.8) is 0 Å². The molecule has 0 amide bonds. The van der Waals surface area contributed by atoms with Crippen molar-refractivity contribution in [3.05, 3.63) is 90.7 Å². The van der Waals surface area contributed by atoms with Crippen molar-refractivity contribution in [1.29, 1.82) is 0 Å². The van der Waals surface area contributed by atoms with Crippen LogP contribution in [-0.4, -0.2) is 6.54 Å². The lowest BCUT2D eigenvalue weighted by atomic mass is 10.1. The normalized spacial score (nSPS) is 12.3. The van der Waals surface area contributed by atoms with Crippen molar-refractivity contribution in [2.24, 2.45) is 11.7 Å². The van der Waals surface area contributed by atoms with Gasteiger partial charge in [0, 0.05) is 17.1 Å². The molecular weight excluding hydrogens is 359 g/mol. The van der Waals surface area contributed by atoms with Crippen LogP contribution in [-0.2, 0) is 0 Å². The first-order chi connectivity index (χ1) is 13.5. The molecule has 0 saturated heterocycles. The van der Waals surface area contributed by atoms with Crippen LogP contribution in [0.5, 0.6) is 0 Å². The topological polar surface area (TPSA) is 29.3 Å². The van der Waals surface area contributed by atoms with Crippen LogP contribution in [0, 0.1) is 12.8 Å². The molecule has 0 aromatic heterocycles. The molecule has 0 radical (unpaired) electrons. The van der Waals surface area contributed by atoms with Gasteiger partial charge in [0.2, 0.25) is 0 Å². The minimum absolute atomic E-state index is 0.713.